The number of esters is 1. The molecule has 0 bridgehead atoms. The van der Waals surface area contributed by atoms with Gasteiger partial charge in [0.15, 0.2) is 0 Å². The van der Waals surface area contributed by atoms with Gasteiger partial charge in [-0.3, -0.25) is 4.79 Å². The van der Waals surface area contributed by atoms with Crippen LogP contribution < -0.4 is 5.32 Å². The Morgan fingerprint density at radius 1 is 1.28 bits per heavy atom. The predicted molar refractivity (Wildman–Crippen MR) is 73.3 cm³/mol. The molecule has 3 nitrogen and oxygen atoms in total. The lowest BCUT2D eigenvalue weighted by atomic mass is 10.1. The second-order valence-corrected chi connectivity index (χ2v) is 4.41. The van der Waals surface area contributed by atoms with Crippen molar-refractivity contribution in [1.29, 1.82) is 0 Å². The molecule has 0 aliphatic heterocycles. The van der Waals surface area contributed by atoms with E-state index in [1.54, 1.807) is 0 Å². The standard InChI is InChI=1S/C15H23NO2/c1-4-14(11-15(17)18-5-2)16-12(3)13-9-7-6-8-10-13/h6-10,12,14,16H,4-5,11H2,1-3H3. The van der Waals surface area contributed by atoms with Crippen molar-refractivity contribution in [3.05, 3.63) is 35.9 Å². The van der Waals surface area contributed by atoms with E-state index in [0.717, 1.165) is 6.42 Å². The smallest absolute Gasteiger partial charge is 0.307 e. The monoisotopic (exact) mass is 249 g/mol. The number of hydrogen-bond donors (Lipinski definition) is 1. The van der Waals surface area contributed by atoms with Gasteiger partial charge in [0.05, 0.1) is 13.0 Å². The van der Waals surface area contributed by atoms with Crippen molar-refractivity contribution in [3.63, 3.8) is 0 Å². The molecule has 1 N–H and O–H groups in total. The van der Waals surface area contributed by atoms with Gasteiger partial charge < -0.3 is 10.1 Å². The average molecular weight is 249 g/mol. The van der Waals surface area contributed by atoms with Crippen molar-refractivity contribution >= 4 is 5.97 Å². The van der Waals surface area contributed by atoms with E-state index in [9.17, 15) is 4.79 Å². The molecule has 1 aromatic rings. The summed E-state index contributed by atoms with van der Waals surface area (Å²) in [6.45, 7) is 6.47. The Morgan fingerprint density at radius 2 is 1.94 bits per heavy atom. The quantitative estimate of drug-likeness (QED) is 0.755. The van der Waals surface area contributed by atoms with E-state index < -0.39 is 0 Å². The van der Waals surface area contributed by atoms with Gasteiger partial charge in [0, 0.05) is 12.1 Å². The summed E-state index contributed by atoms with van der Waals surface area (Å²) in [5.74, 6) is -0.128. The SMILES string of the molecule is CCOC(=O)CC(CC)NC(C)c1ccccc1. The van der Waals surface area contributed by atoms with Gasteiger partial charge >= 0.3 is 5.97 Å². The van der Waals surface area contributed by atoms with E-state index in [1.165, 1.54) is 5.56 Å². The molecule has 0 fully saturated rings. The van der Waals surface area contributed by atoms with E-state index in [0.29, 0.717) is 13.0 Å². The van der Waals surface area contributed by atoms with Crippen molar-refractivity contribution < 1.29 is 9.53 Å². The summed E-state index contributed by atoms with van der Waals surface area (Å²) >= 11 is 0. The molecule has 0 saturated carbocycles. The summed E-state index contributed by atoms with van der Waals surface area (Å²) in [6.07, 6.45) is 1.34. The van der Waals surface area contributed by atoms with Gasteiger partial charge in [-0.15, -0.1) is 0 Å². The van der Waals surface area contributed by atoms with Crippen LogP contribution in [0.5, 0.6) is 0 Å². The van der Waals surface area contributed by atoms with Crippen molar-refractivity contribution in [2.24, 2.45) is 0 Å². The molecule has 0 aliphatic rings. The zero-order valence-electron chi connectivity index (χ0n) is 11.5. The van der Waals surface area contributed by atoms with Crippen LogP contribution in [0.4, 0.5) is 0 Å². The summed E-state index contributed by atoms with van der Waals surface area (Å²) in [7, 11) is 0. The molecule has 100 valence electrons. The van der Waals surface area contributed by atoms with Gasteiger partial charge in [-0.2, -0.15) is 0 Å². The van der Waals surface area contributed by atoms with Crippen molar-refractivity contribution in [2.75, 3.05) is 6.61 Å². The predicted octanol–water partition coefficient (Wildman–Crippen LogP) is 3.07. The van der Waals surface area contributed by atoms with Gasteiger partial charge in [0.25, 0.3) is 0 Å². The van der Waals surface area contributed by atoms with Crippen LogP contribution in [0.1, 0.15) is 45.2 Å². The minimum absolute atomic E-state index is 0.128. The molecular formula is C15H23NO2. The highest BCUT2D eigenvalue weighted by Gasteiger charge is 2.15. The fourth-order valence-electron chi connectivity index (χ4n) is 1.93. The van der Waals surface area contributed by atoms with Crippen molar-refractivity contribution in [3.8, 4) is 0 Å². The van der Waals surface area contributed by atoms with Crippen molar-refractivity contribution in [1.82, 2.24) is 5.32 Å². The van der Waals surface area contributed by atoms with Crippen LogP contribution in [-0.2, 0) is 9.53 Å². The number of nitrogens with one attached hydrogen (secondary N) is 1. The van der Waals surface area contributed by atoms with Crippen LogP contribution in [0.2, 0.25) is 0 Å². The third-order valence-corrected chi connectivity index (χ3v) is 3.00. The molecule has 0 spiro atoms. The number of hydrogen-bond acceptors (Lipinski definition) is 3. The number of carbonyl (C=O) groups is 1. The Morgan fingerprint density at radius 3 is 2.50 bits per heavy atom. The van der Waals surface area contributed by atoms with E-state index >= 15 is 0 Å². The van der Waals surface area contributed by atoms with E-state index in [4.69, 9.17) is 4.74 Å². The molecular weight excluding hydrogens is 226 g/mol. The van der Waals surface area contributed by atoms with E-state index in [-0.39, 0.29) is 18.1 Å². The Labute approximate surface area is 110 Å². The molecule has 0 heterocycles. The third kappa shape index (κ3) is 4.88. The molecule has 18 heavy (non-hydrogen) atoms. The topological polar surface area (TPSA) is 38.3 Å². The van der Waals surface area contributed by atoms with Crippen molar-refractivity contribution in [2.45, 2.75) is 45.7 Å². The Kier molecular flexibility index (Phi) is 6.44. The van der Waals surface area contributed by atoms with Crippen LogP contribution in [-0.4, -0.2) is 18.6 Å². The number of rotatable bonds is 7. The maximum Gasteiger partial charge on any atom is 0.307 e. The zero-order chi connectivity index (χ0) is 13.4. The maximum atomic E-state index is 11.5. The molecule has 1 rings (SSSR count). The second-order valence-electron chi connectivity index (χ2n) is 4.41. The Hall–Kier alpha value is -1.35. The first-order valence-corrected chi connectivity index (χ1v) is 6.64. The lowest BCUT2D eigenvalue weighted by Gasteiger charge is -2.22. The van der Waals surface area contributed by atoms with Crippen LogP contribution >= 0.6 is 0 Å². The van der Waals surface area contributed by atoms with Gasteiger partial charge in [0.1, 0.15) is 0 Å². The van der Waals surface area contributed by atoms with Crippen LogP contribution in [0, 0.1) is 0 Å². The summed E-state index contributed by atoms with van der Waals surface area (Å²) in [5, 5.41) is 3.47. The molecule has 3 heteroatoms. The lowest BCUT2D eigenvalue weighted by molar-refractivity contribution is -0.143. The summed E-state index contributed by atoms with van der Waals surface area (Å²) < 4.78 is 4.98. The molecule has 1 aromatic carbocycles. The van der Waals surface area contributed by atoms with Gasteiger partial charge in [-0.05, 0) is 25.8 Å². The van der Waals surface area contributed by atoms with Crippen LogP contribution in [0.25, 0.3) is 0 Å². The number of carbonyl (C=O) groups excluding carboxylic acids is 1. The minimum Gasteiger partial charge on any atom is -0.466 e. The summed E-state index contributed by atoms with van der Waals surface area (Å²) in [6, 6.07) is 10.7. The number of benzene rings is 1. The first kappa shape index (κ1) is 14.7. The fourth-order valence-corrected chi connectivity index (χ4v) is 1.93. The van der Waals surface area contributed by atoms with E-state index in [2.05, 4.69) is 31.3 Å². The van der Waals surface area contributed by atoms with E-state index in [1.807, 2.05) is 25.1 Å². The summed E-state index contributed by atoms with van der Waals surface area (Å²) in [4.78, 5) is 11.5. The third-order valence-electron chi connectivity index (χ3n) is 3.00. The largest absolute Gasteiger partial charge is 0.466 e. The Balaban J connectivity index is 2.50. The number of ether oxygens (including phenoxy) is 1. The molecule has 2 unspecified atom stereocenters. The molecule has 2 atom stereocenters. The van der Waals surface area contributed by atoms with Crippen LogP contribution in [0.3, 0.4) is 0 Å². The lowest BCUT2D eigenvalue weighted by Crippen LogP contribution is -2.33. The van der Waals surface area contributed by atoms with Crippen LogP contribution in [0.15, 0.2) is 30.3 Å². The Bertz CT molecular complexity index is 351. The zero-order valence-corrected chi connectivity index (χ0v) is 11.5. The molecule has 0 aliphatic carbocycles. The average Bonchev–Trinajstić information content (AvgIpc) is 2.39. The highest BCUT2D eigenvalue weighted by Crippen LogP contribution is 2.14. The minimum atomic E-state index is -0.128. The highest BCUT2D eigenvalue weighted by atomic mass is 16.5. The molecule has 0 saturated heterocycles. The first-order valence-electron chi connectivity index (χ1n) is 6.64. The normalized spacial score (nSPS) is 13.9. The molecule has 0 aromatic heterocycles. The highest BCUT2D eigenvalue weighted by molar-refractivity contribution is 5.70. The second kappa shape index (κ2) is 7.88. The van der Waals surface area contributed by atoms with Gasteiger partial charge in [0.2, 0.25) is 0 Å². The fraction of sp³-hybridized carbons (Fsp3) is 0.533. The molecule has 0 radical (unpaired) electrons. The van der Waals surface area contributed by atoms with Gasteiger partial charge in [-0.25, -0.2) is 0 Å². The first-order chi connectivity index (χ1) is 8.67. The van der Waals surface area contributed by atoms with Gasteiger partial charge in [-0.1, -0.05) is 37.3 Å². The molecule has 0 amide bonds. The maximum absolute atomic E-state index is 11.5. The summed E-state index contributed by atoms with van der Waals surface area (Å²) in [5.41, 5.74) is 1.24.